The van der Waals surface area contributed by atoms with Crippen LogP contribution in [-0.2, 0) is 4.79 Å². The van der Waals surface area contributed by atoms with Gasteiger partial charge in [-0.1, -0.05) is 6.07 Å². The zero-order chi connectivity index (χ0) is 15.1. The van der Waals surface area contributed by atoms with E-state index in [1.165, 1.54) is 11.8 Å². The van der Waals surface area contributed by atoms with Gasteiger partial charge in [0.25, 0.3) is 0 Å². The third-order valence-electron chi connectivity index (χ3n) is 3.42. The van der Waals surface area contributed by atoms with Crippen molar-refractivity contribution in [3.63, 3.8) is 0 Å². The number of carbonyl (C=O) groups is 1. The molecule has 1 rings (SSSR count). The van der Waals surface area contributed by atoms with Gasteiger partial charge in [0.05, 0.1) is 0 Å². The fourth-order valence-electron chi connectivity index (χ4n) is 2.07. The second-order valence-corrected chi connectivity index (χ2v) is 5.94. The first-order valence-electron chi connectivity index (χ1n) is 6.69. The fourth-order valence-corrected chi connectivity index (χ4v) is 2.64. The van der Waals surface area contributed by atoms with Gasteiger partial charge in [0.1, 0.15) is 0 Å². The highest BCUT2D eigenvalue weighted by atomic mass is 32.2. The molecule has 3 nitrogen and oxygen atoms in total. The first-order valence-corrected chi connectivity index (χ1v) is 8.08. The van der Waals surface area contributed by atoms with E-state index in [1.807, 2.05) is 23.9 Å². The number of hydrogen-bond donors (Lipinski definition) is 1. The Kier molecular flexibility index (Phi) is 6.65. The van der Waals surface area contributed by atoms with E-state index >= 15 is 0 Å². The van der Waals surface area contributed by atoms with Gasteiger partial charge in [0.2, 0.25) is 0 Å². The minimum absolute atomic E-state index is 0.488. The number of hydrogen-bond acceptors (Lipinski definition) is 3. The van der Waals surface area contributed by atoms with Crippen LogP contribution < -0.4 is 4.90 Å². The van der Waals surface area contributed by atoms with Crippen LogP contribution >= 0.6 is 11.8 Å². The number of thioether (sulfide) groups is 1. The normalized spacial score (nSPS) is 12.6. The van der Waals surface area contributed by atoms with Gasteiger partial charge in [-0.2, -0.15) is 11.8 Å². The van der Waals surface area contributed by atoms with Gasteiger partial charge in [0.15, 0.2) is 0 Å². The first kappa shape index (κ1) is 16.6. The third-order valence-corrected chi connectivity index (χ3v) is 4.06. The molecule has 4 heteroatoms. The van der Waals surface area contributed by atoms with Crippen molar-refractivity contribution in [1.82, 2.24) is 0 Å². The Bertz CT molecular complexity index is 485. The quantitative estimate of drug-likeness (QED) is 0.779. The standard InChI is InChI=1S/C16H23NO2S/c1-12-11-14(6-8-16(18)19)5-7-15(12)17(3)13(2)9-10-20-4/h5-8,11,13H,9-10H2,1-4H3,(H,18,19)/b8-6+. The van der Waals surface area contributed by atoms with E-state index in [9.17, 15) is 4.79 Å². The summed E-state index contributed by atoms with van der Waals surface area (Å²) in [5.41, 5.74) is 3.28. The molecule has 1 aromatic rings. The smallest absolute Gasteiger partial charge is 0.328 e. The summed E-state index contributed by atoms with van der Waals surface area (Å²) in [6, 6.07) is 6.53. The minimum atomic E-state index is -0.922. The monoisotopic (exact) mass is 293 g/mol. The summed E-state index contributed by atoms with van der Waals surface area (Å²) >= 11 is 1.87. The number of carboxylic acids is 1. The van der Waals surface area contributed by atoms with E-state index in [-0.39, 0.29) is 0 Å². The van der Waals surface area contributed by atoms with Crippen molar-refractivity contribution in [3.8, 4) is 0 Å². The number of aliphatic carboxylic acids is 1. The number of aryl methyl sites for hydroxylation is 1. The number of anilines is 1. The fraction of sp³-hybridized carbons (Fsp3) is 0.438. The molecule has 0 saturated heterocycles. The van der Waals surface area contributed by atoms with Gasteiger partial charge < -0.3 is 10.0 Å². The van der Waals surface area contributed by atoms with Crippen LogP contribution in [0.3, 0.4) is 0 Å². The Balaban J connectivity index is 2.84. The molecule has 0 aliphatic carbocycles. The van der Waals surface area contributed by atoms with E-state index in [1.54, 1.807) is 6.08 Å². The van der Waals surface area contributed by atoms with Crippen LogP contribution in [0.25, 0.3) is 6.08 Å². The third kappa shape index (κ3) is 4.93. The van der Waals surface area contributed by atoms with Gasteiger partial charge in [0, 0.05) is 24.9 Å². The molecule has 0 heterocycles. The molecule has 0 fully saturated rings. The SMILES string of the molecule is CSCCC(C)N(C)c1ccc(/C=C/C(=O)O)cc1C. The Morgan fingerprint density at radius 3 is 2.75 bits per heavy atom. The van der Waals surface area contributed by atoms with Crippen molar-refractivity contribution in [2.75, 3.05) is 24.0 Å². The van der Waals surface area contributed by atoms with Crippen molar-refractivity contribution in [3.05, 3.63) is 35.4 Å². The highest BCUT2D eigenvalue weighted by Gasteiger charge is 2.11. The number of rotatable bonds is 7. The first-order chi connectivity index (χ1) is 9.45. The predicted octanol–water partition coefficient (Wildman–Crippen LogP) is 3.67. The molecule has 110 valence electrons. The zero-order valence-corrected chi connectivity index (χ0v) is 13.4. The lowest BCUT2D eigenvalue weighted by atomic mass is 10.1. The van der Waals surface area contributed by atoms with E-state index in [2.05, 4.69) is 38.1 Å². The van der Waals surface area contributed by atoms with E-state index in [0.717, 1.165) is 23.3 Å². The maximum absolute atomic E-state index is 10.5. The molecule has 0 spiro atoms. The maximum atomic E-state index is 10.5. The van der Waals surface area contributed by atoms with Crippen LogP contribution in [0.4, 0.5) is 5.69 Å². The molecular weight excluding hydrogens is 270 g/mol. The zero-order valence-electron chi connectivity index (χ0n) is 12.6. The Labute approximate surface area is 125 Å². The molecule has 1 unspecified atom stereocenters. The number of carboxylic acid groups (broad SMARTS) is 1. The average molecular weight is 293 g/mol. The van der Waals surface area contributed by atoms with E-state index in [4.69, 9.17) is 5.11 Å². The number of nitrogens with zero attached hydrogens (tertiary/aromatic N) is 1. The average Bonchev–Trinajstić information content (AvgIpc) is 2.41. The van der Waals surface area contributed by atoms with Crippen molar-refractivity contribution in [2.24, 2.45) is 0 Å². The molecule has 0 saturated carbocycles. The molecular formula is C16H23NO2S. The molecule has 20 heavy (non-hydrogen) atoms. The van der Waals surface area contributed by atoms with Crippen molar-refractivity contribution in [1.29, 1.82) is 0 Å². The van der Waals surface area contributed by atoms with Crippen LogP contribution in [0.1, 0.15) is 24.5 Å². The second kappa shape index (κ2) is 8.00. The lowest BCUT2D eigenvalue weighted by molar-refractivity contribution is -0.131. The molecule has 0 amide bonds. The molecule has 0 aliphatic heterocycles. The summed E-state index contributed by atoms with van der Waals surface area (Å²) in [6.07, 6.45) is 6.06. The van der Waals surface area contributed by atoms with Crippen LogP contribution in [0.2, 0.25) is 0 Å². The van der Waals surface area contributed by atoms with E-state index in [0.29, 0.717) is 6.04 Å². The second-order valence-electron chi connectivity index (χ2n) is 4.96. The largest absolute Gasteiger partial charge is 0.478 e. The van der Waals surface area contributed by atoms with Crippen LogP contribution in [0.15, 0.2) is 24.3 Å². The summed E-state index contributed by atoms with van der Waals surface area (Å²) in [4.78, 5) is 12.8. The van der Waals surface area contributed by atoms with Gasteiger partial charge >= 0.3 is 5.97 Å². The lowest BCUT2D eigenvalue weighted by Gasteiger charge is -2.28. The molecule has 0 radical (unpaired) electrons. The highest BCUT2D eigenvalue weighted by molar-refractivity contribution is 7.98. The summed E-state index contributed by atoms with van der Waals surface area (Å²) in [6.45, 7) is 4.29. The Morgan fingerprint density at radius 2 is 2.20 bits per heavy atom. The summed E-state index contributed by atoms with van der Waals surface area (Å²) in [5, 5.41) is 8.65. The molecule has 1 atom stereocenters. The van der Waals surface area contributed by atoms with E-state index < -0.39 is 5.97 Å². The molecule has 1 N–H and O–H groups in total. The summed E-state index contributed by atoms with van der Waals surface area (Å²) < 4.78 is 0. The summed E-state index contributed by atoms with van der Waals surface area (Å²) in [5.74, 6) is 0.235. The Morgan fingerprint density at radius 1 is 1.50 bits per heavy atom. The molecule has 1 aromatic carbocycles. The Hall–Kier alpha value is -1.42. The number of benzene rings is 1. The predicted molar refractivity (Wildman–Crippen MR) is 88.7 cm³/mol. The molecule has 0 aliphatic rings. The molecule has 0 aromatic heterocycles. The van der Waals surface area contributed by atoms with Crippen LogP contribution in [0.5, 0.6) is 0 Å². The minimum Gasteiger partial charge on any atom is -0.478 e. The van der Waals surface area contributed by atoms with Gasteiger partial charge in [-0.3, -0.25) is 0 Å². The van der Waals surface area contributed by atoms with Gasteiger partial charge in [-0.25, -0.2) is 4.79 Å². The highest BCUT2D eigenvalue weighted by Crippen LogP contribution is 2.23. The summed E-state index contributed by atoms with van der Waals surface area (Å²) in [7, 11) is 2.11. The topological polar surface area (TPSA) is 40.5 Å². The van der Waals surface area contributed by atoms with Crippen LogP contribution in [0, 0.1) is 6.92 Å². The van der Waals surface area contributed by atoms with Gasteiger partial charge in [-0.15, -0.1) is 0 Å². The van der Waals surface area contributed by atoms with Crippen molar-refractivity contribution >= 4 is 29.5 Å². The molecule has 0 bridgehead atoms. The van der Waals surface area contributed by atoms with Crippen molar-refractivity contribution in [2.45, 2.75) is 26.3 Å². The van der Waals surface area contributed by atoms with Crippen LogP contribution in [-0.4, -0.2) is 36.2 Å². The maximum Gasteiger partial charge on any atom is 0.328 e. The van der Waals surface area contributed by atoms with Crippen molar-refractivity contribution < 1.29 is 9.90 Å². The van der Waals surface area contributed by atoms with Gasteiger partial charge in [-0.05, 0) is 61.6 Å². The lowest BCUT2D eigenvalue weighted by Crippen LogP contribution is -2.29.